The molecule has 1 aromatic carbocycles. The number of amides is 2. The molecule has 0 radical (unpaired) electrons. The number of nitrogens with one attached hydrogen (secondary N) is 1. The van der Waals surface area contributed by atoms with Crippen molar-refractivity contribution >= 4 is 12.0 Å². The largest absolute Gasteiger partial charge is 0.497 e. The van der Waals surface area contributed by atoms with Crippen molar-refractivity contribution in [2.75, 3.05) is 21.3 Å². The number of benzene rings is 1. The molecule has 0 saturated heterocycles. The zero-order valence-corrected chi connectivity index (χ0v) is 14.4. The first-order valence-electron chi connectivity index (χ1n) is 7.13. The van der Waals surface area contributed by atoms with Crippen molar-refractivity contribution in [3.8, 4) is 5.75 Å². The van der Waals surface area contributed by atoms with Crippen molar-refractivity contribution in [3.63, 3.8) is 0 Å². The van der Waals surface area contributed by atoms with Gasteiger partial charge in [-0.1, -0.05) is 12.1 Å². The lowest BCUT2D eigenvalue weighted by Gasteiger charge is -2.25. The van der Waals surface area contributed by atoms with Crippen molar-refractivity contribution in [1.29, 1.82) is 0 Å². The molecular formula is C16H24N2O5. The molecule has 0 bridgehead atoms. The van der Waals surface area contributed by atoms with Crippen molar-refractivity contribution < 1.29 is 23.9 Å². The Labute approximate surface area is 136 Å². The standard InChI is InChI=1S/C16H24N2O5/c1-16(2,3)23-15(20)17-13(14(19)18(4)22-6)11-7-9-12(21-5)10-8-11/h7-10,13H,1-6H3,(H,17,20)/t13-/m1/s1. The van der Waals surface area contributed by atoms with Gasteiger partial charge in [0.1, 0.15) is 17.4 Å². The Morgan fingerprint density at radius 1 is 1.13 bits per heavy atom. The van der Waals surface area contributed by atoms with E-state index in [0.29, 0.717) is 11.3 Å². The van der Waals surface area contributed by atoms with Gasteiger partial charge in [0.2, 0.25) is 0 Å². The minimum Gasteiger partial charge on any atom is -0.497 e. The van der Waals surface area contributed by atoms with Crippen LogP contribution in [0.1, 0.15) is 32.4 Å². The molecule has 0 fully saturated rings. The first-order valence-corrected chi connectivity index (χ1v) is 7.13. The summed E-state index contributed by atoms with van der Waals surface area (Å²) in [5, 5.41) is 3.62. The topological polar surface area (TPSA) is 77.1 Å². The molecule has 0 heterocycles. The Morgan fingerprint density at radius 2 is 1.70 bits per heavy atom. The van der Waals surface area contributed by atoms with Gasteiger partial charge >= 0.3 is 6.09 Å². The molecule has 128 valence electrons. The number of carbonyl (C=O) groups excluding carboxylic acids is 2. The first-order chi connectivity index (χ1) is 10.7. The molecule has 2 amide bonds. The smallest absolute Gasteiger partial charge is 0.408 e. The Morgan fingerprint density at radius 3 is 2.13 bits per heavy atom. The number of hydrogen-bond donors (Lipinski definition) is 1. The lowest BCUT2D eigenvalue weighted by atomic mass is 10.1. The van der Waals surface area contributed by atoms with Crippen LogP contribution in [0.2, 0.25) is 0 Å². The van der Waals surface area contributed by atoms with E-state index in [9.17, 15) is 9.59 Å². The predicted molar refractivity (Wildman–Crippen MR) is 84.9 cm³/mol. The van der Waals surface area contributed by atoms with Gasteiger partial charge in [0.15, 0.2) is 0 Å². The van der Waals surface area contributed by atoms with E-state index in [1.165, 1.54) is 14.2 Å². The molecule has 23 heavy (non-hydrogen) atoms. The third kappa shape index (κ3) is 5.78. The van der Waals surface area contributed by atoms with E-state index < -0.39 is 23.6 Å². The quantitative estimate of drug-likeness (QED) is 0.841. The Balaban J connectivity index is 3.01. The summed E-state index contributed by atoms with van der Waals surface area (Å²) in [5.41, 5.74) is -0.0735. The number of methoxy groups -OCH3 is 1. The maximum Gasteiger partial charge on any atom is 0.408 e. The first kappa shape index (κ1) is 18.8. The molecule has 0 aliphatic rings. The second-order valence-electron chi connectivity index (χ2n) is 5.87. The van der Waals surface area contributed by atoms with E-state index in [2.05, 4.69) is 5.32 Å². The summed E-state index contributed by atoms with van der Waals surface area (Å²) in [6.07, 6.45) is -0.684. The lowest BCUT2D eigenvalue weighted by Crippen LogP contribution is -2.42. The number of ether oxygens (including phenoxy) is 2. The summed E-state index contributed by atoms with van der Waals surface area (Å²) in [6.45, 7) is 5.24. The molecular weight excluding hydrogens is 300 g/mol. The number of hydrogen-bond acceptors (Lipinski definition) is 5. The fourth-order valence-electron chi connectivity index (χ4n) is 1.78. The van der Waals surface area contributed by atoms with E-state index in [1.54, 1.807) is 52.1 Å². The Hall–Kier alpha value is -2.28. The van der Waals surface area contributed by atoms with Crippen molar-refractivity contribution in [3.05, 3.63) is 29.8 Å². The maximum atomic E-state index is 12.4. The summed E-state index contributed by atoms with van der Waals surface area (Å²) in [5.74, 6) is 0.223. The van der Waals surface area contributed by atoms with Gasteiger partial charge in [0.25, 0.3) is 5.91 Å². The SMILES string of the molecule is COc1ccc([C@@H](NC(=O)OC(C)(C)C)C(=O)N(C)OC)cc1. The van der Waals surface area contributed by atoms with Gasteiger partial charge in [0.05, 0.1) is 14.2 Å². The van der Waals surface area contributed by atoms with Gasteiger partial charge in [-0.15, -0.1) is 0 Å². The van der Waals surface area contributed by atoms with Gasteiger partial charge in [-0.3, -0.25) is 9.63 Å². The minimum atomic E-state index is -0.930. The van der Waals surface area contributed by atoms with Crippen LogP contribution in [0.15, 0.2) is 24.3 Å². The second-order valence-corrected chi connectivity index (χ2v) is 5.87. The molecule has 0 aliphatic heterocycles. The predicted octanol–water partition coefficient (Wildman–Crippen LogP) is 2.28. The molecule has 0 unspecified atom stereocenters. The summed E-state index contributed by atoms with van der Waals surface area (Å²) in [4.78, 5) is 29.3. The van der Waals surface area contributed by atoms with Crippen LogP contribution in [0.5, 0.6) is 5.75 Å². The average molecular weight is 324 g/mol. The number of rotatable bonds is 5. The van der Waals surface area contributed by atoms with Gasteiger partial charge in [-0.25, -0.2) is 9.86 Å². The fraction of sp³-hybridized carbons (Fsp3) is 0.500. The summed E-state index contributed by atoms with van der Waals surface area (Å²) < 4.78 is 10.3. The van der Waals surface area contributed by atoms with E-state index in [-0.39, 0.29) is 0 Å². The van der Waals surface area contributed by atoms with Crippen molar-refractivity contribution in [1.82, 2.24) is 10.4 Å². The number of nitrogens with zero attached hydrogens (tertiary/aromatic N) is 1. The van der Waals surface area contributed by atoms with Crippen LogP contribution in [0.4, 0.5) is 4.79 Å². The number of hydroxylamine groups is 2. The molecule has 0 spiro atoms. The molecule has 1 rings (SSSR count). The van der Waals surface area contributed by atoms with Gasteiger partial charge in [0, 0.05) is 7.05 Å². The molecule has 1 atom stereocenters. The summed E-state index contributed by atoms with van der Waals surface area (Å²) in [6, 6.07) is 5.88. The molecule has 0 saturated carbocycles. The third-order valence-electron chi connectivity index (χ3n) is 2.94. The van der Waals surface area contributed by atoms with Crippen LogP contribution >= 0.6 is 0 Å². The highest BCUT2D eigenvalue weighted by Crippen LogP contribution is 2.20. The number of likely N-dealkylation sites (N-methyl/N-ethyl adjacent to an activating group) is 1. The molecule has 0 aliphatic carbocycles. The number of alkyl carbamates (subject to hydrolysis) is 1. The van der Waals surface area contributed by atoms with E-state index >= 15 is 0 Å². The van der Waals surface area contributed by atoms with E-state index in [1.807, 2.05) is 0 Å². The zero-order valence-electron chi connectivity index (χ0n) is 14.4. The normalized spacial score (nSPS) is 12.3. The monoisotopic (exact) mass is 324 g/mol. The fourth-order valence-corrected chi connectivity index (χ4v) is 1.78. The summed E-state index contributed by atoms with van der Waals surface area (Å²) in [7, 11) is 4.39. The Bertz CT molecular complexity index is 536. The van der Waals surface area contributed by atoms with Gasteiger partial charge < -0.3 is 14.8 Å². The lowest BCUT2D eigenvalue weighted by molar-refractivity contribution is -0.171. The van der Waals surface area contributed by atoms with E-state index in [4.69, 9.17) is 14.3 Å². The van der Waals surface area contributed by atoms with Crippen LogP contribution in [0, 0.1) is 0 Å². The van der Waals surface area contributed by atoms with Crippen molar-refractivity contribution in [2.24, 2.45) is 0 Å². The van der Waals surface area contributed by atoms with Gasteiger partial charge in [-0.05, 0) is 38.5 Å². The highest BCUT2D eigenvalue weighted by molar-refractivity contribution is 5.86. The Kier molecular flexibility index (Phi) is 6.38. The number of carbonyl (C=O) groups is 2. The summed E-state index contributed by atoms with van der Waals surface area (Å²) >= 11 is 0. The average Bonchev–Trinajstić information content (AvgIpc) is 2.49. The zero-order chi connectivity index (χ0) is 17.6. The van der Waals surface area contributed by atoms with Crippen LogP contribution in [0.3, 0.4) is 0 Å². The molecule has 0 aromatic heterocycles. The highest BCUT2D eigenvalue weighted by Gasteiger charge is 2.28. The highest BCUT2D eigenvalue weighted by atomic mass is 16.7. The van der Waals surface area contributed by atoms with Crippen LogP contribution in [0.25, 0.3) is 0 Å². The van der Waals surface area contributed by atoms with Crippen LogP contribution < -0.4 is 10.1 Å². The molecule has 7 heteroatoms. The second kappa shape index (κ2) is 7.82. The third-order valence-corrected chi connectivity index (χ3v) is 2.94. The molecule has 7 nitrogen and oxygen atoms in total. The van der Waals surface area contributed by atoms with E-state index in [0.717, 1.165) is 5.06 Å². The van der Waals surface area contributed by atoms with Crippen molar-refractivity contribution in [2.45, 2.75) is 32.4 Å². The van der Waals surface area contributed by atoms with Crippen LogP contribution in [-0.4, -0.2) is 43.9 Å². The molecule has 1 N–H and O–H groups in total. The maximum absolute atomic E-state index is 12.4. The van der Waals surface area contributed by atoms with Crippen LogP contribution in [-0.2, 0) is 14.4 Å². The van der Waals surface area contributed by atoms with Gasteiger partial charge in [-0.2, -0.15) is 0 Å². The molecule has 1 aromatic rings. The minimum absolute atomic E-state index is 0.427.